The quantitative estimate of drug-likeness (QED) is 0.359. The Labute approximate surface area is 211 Å². The van der Waals surface area contributed by atoms with Crippen LogP contribution in [0.3, 0.4) is 0 Å². The molecule has 3 aromatic heterocycles. The molecule has 1 aromatic carbocycles. The second-order valence-corrected chi connectivity index (χ2v) is 11.0. The number of nitrogens with zero attached hydrogens (tertiary/aromatic N) is 6. The molecule has 0 saturated heterocycles. The molecular formula is C23H30N8O2S2. The van der Waals surface area contributed by atoms with E-state index in [2.05, 4.69) is 37.8 Å². The van der Waals surface area contributed by atoms with Gasteiger partial charge in [-0.05, 0) is 64.7 Å². The lowest BCUT2D eigenvalue weighted by Gasteiger charge is -2.16. The van der Waals surface area contributed by atoms with Crippen LogP contribution in [0.2, 0.25) is 0 Å². The Balaban J connectivity index is 0.00000289. The van der Waals surface area contributed by atoms with Crippen molar-refractivity contribution in [3.8, 4) is 0 Å². The van der Waals surface area contributed by atoms with Gasteiger partial charge in [0.25, 0.3) is 10.0 Å². The van der Waals surface area contributed by atoms with Crippen molar-refractivity contribution in [1.82, 2.24) is 28.9 Å². The summed E-state index contributed by atoms with van der Waals surface area (Å²) >= 11 is 0. The van der Waals surface area contributed by atoms with Gasteiger partial charge < -0.3 is 10.6 Å². The van der Waals surface area contributed by atoms with Gasteiger partial charge >= 0.3 is 0 Å². The first-order valence-corrected chi connectivity index (χ1v) is 12.8. The number of nitrogens with one attached hydrogen (secondary N) is 2. The molecule has 0 radical (unpaired) electrons. The van der Waals surface area contributed by atoms with Crippen LogP contribution in [0.15, 0.2) is 47.6 Å². The van der Waals surface area contributed by atoms with Crippen molar-refractivity contribution in [2.75, 3.05) is 10.6 Å². The summed E-state index contributed by atoms with van der Waals surface area (Å²) in [7, 11) is -3.85. The summed E-state index contributed by atoms with van der Waals surface area (Å²) in [4.78, 5) is 9.43. The molecule has 4 aromatic rings. The molecule has 0 unspecified atom stereocenters. The highest BCUT2D eigenvalue weighted by Gasteiger charge is 2.29. The fourth-order valence-corrected chi connectivity index (χ4v) is 5.10. The zero-order chi connectivity index (χ0) is 24.0. The van der Waals surface area contributed by atoms with E-state index in [4.69, 9.17) is 0 Å². The third-order valence-corrected chi connectivity index (χ3v) is 7.74. The number of benzene rings is 1. The van der Waals surface area contributed by atoms with E-state index in [1.54, 1.807) is 41.2 Å². The summed E-state index contributed by atoms with van der Waals surface area (Å²) in [5.41, 5.74) is 1.28. The molecule has 0 bridgehead atoms. The van der Waals surface area contributed by atoms with Gasteiger partial charge in [0.2, 0.25) is 5.95 Å². The fraction of sp³-hybridized carbons (Fsp3) is 0.391. The van der Waals surface area contributed by atoms with Crippen LogP contribution in [0.4, 0.5) is 17.6 Å². The van der Waals surface area contributed by atoms with E-state index in [0.29, 0.717) is 28.6 Å². The summed E-state index contributed by atoms with van der Waals surface area (Å²) < 4.78 is 29.8. The van der Waals surface area contributed by atoms with Crippen LogP contribution in [-0.4, -0.2) is 43.4 Å². The number of aryl methyl sites for hydroxylation is 1. The molecule has 1 aliphatic rings. The lowest BCUT2D eigenvalue weighted by atomic mass is 10.2. The molecule has 3 heterocycles. The number of rotatable bonds is 8. The van der Waals surface area contributed by atoms with Crippen LogP contribution in [-0.2, 0) is 10.0 Å². The molecule has 12 heteroatoms. The predicted octanol–water partition coefficient (Wildman–Crippen LogP) is 4.22. The van der Waals surface area contributed by atoms with Crippen LogP contribution in [0.25, 0.3) is 11.0 Å². The van der Waals surface area contributed by atoms with Crippen molar-refractivity contribution in [3.63, 3.8) is 0 Å². The maximum atomic E-state index is 13.5. The molecule has 1 saturated carbocycles. The third kappa shape index (κ3) is 4.98. The van der Waals surface area contributed by atoms with Crippen molar-refractivity contribution in [1.29, 1.82) is 0 Å². The van der Waals surface area contributed by atoms with Crippen LogP contribution < -0.4 is 10.6 Å². The zero-order valence-corrected chi connectivity index (χ0v) is 21.9. The molecule has 0 aliphatic heterocycles. The van der Waals surface area contributed by atoms with Gasteiger partial charge in [-0.1, -0.05) is 22.9 Å². The zero-order valence-electron chi connectivity index (χ0n) is 20.1. The summed E-state index contributed by atoms with van der Waals surface area (Å²) in [6.45, 7) is 8.05. The van der Waals surface area contributed by atoms with Crippen molar-refractivity contribution in [2.45, 2.75) is 57.5 Å². The van der Waals surface area contributed by atoms with Crippen molar-refractivity contribution < 1.29 is 8.42 Å². The molecule has 0 amide bonds. The van der Waals surface area contributed by atoms with E-state index >= 15 is 0 Å². The largest absolute Gasteiger partial charge is 0.367 e. The van der Waals surface area contributed by atoms with E-state index in [9.17, 15) is 8.42 Å². The van der Waals surface area contributed by atoms with E-state index < -0.39 is 10.0 Å². The molecule has 5 rings (SSSR count). The Morgan fingerprint density at radius 2 is 1.77 bits per heavy atom. The molecular weight excluding hydrogens is 484 g/mol. The maximum absolute atomic E-state index is 13.5. The summed E-state index contributed by atoms with van der Waals surface area (Å²) in [6, 6.07) is 8.88. The van der Waals surface area contributed by atoms with Gasteiger partial charge in [-0.25, -0.2) is 17.1 Å². The molecule has 1 aliphatic carbocycles. The normalized spacial score (nSPS) is 14.7. The Kier molecular flexibility index (Phi) is 6.78. The Morgan fingerprint density at radius 1 is 1.06 bits per heavy atom. The minimum Gasteiger partial charge on any atom is -0.367 e. The molecule has 1 fully saturated rings. The minimum atomic E-state index is -3.85. The van der Waals surface area contributed by atoms with Gasteiger partial charge in [-0.15, -0.1) is 5.10 Å². The van der Waals surface area contributed by atoms with Crippen LogP contribution in [0.1, 0.15) is 45.2 Å². The molecule has 0 spiro atoms. The first-order valence-electron chi connectivity index (χ1n) is 11.4. The Morgan fingerprint density at radius 3 is 2.40 bits per heavy atom. The molecule has 35 heavy (non-hydrogen) atoms. The summed E-state index contributed by atoms with van der Waals surface area (Å²) in [5, 5.41) is 15.4. The van der Waals surface area contributed by atoms with Crippen molar-refractivity contribution in [2.24, 2.45) is 5.92 Å². The summed E-state index contributed by atoms with van der Waals surface area (Å²) in [6.07, 6.45) is 5.64. The van der Waals surface area contributed by atoms with Gasteiger partial charge in [0.05, 0.1) is 16.5 Å². The molecule has 10 nitrogen and oxygen atoms in total. The first kappa shape index (κ1) is 25.0. The van der Waals surface area contributed by atoms with E-state index in [1.807, 2.05) is 20.8 Å². The van der Waals surface area contributed by atoms with Crippen molar-refractivity contribution in [3.05, 3.63) is 48.3 Å². The second kappa shape index (κ2) is 9.50. The topological polar surface area (TPSA) is 120 Å². The highest BCUT2D eigenvalue weighted by molar-refractivity contribution is 7.90. The van der Waals surface area contributed by atoms with Crippen LogP contribution in [0, 0.1) is 12.8 Å². The smallest absolute Gasteiger partial charge is 0.269 e. The molecule has 186 valence electrons. The maximum Gasteiger partial charge on any atom is 0.269 e. The number of hydrogen-bond donors (Lipinski definition) is 2. The van der Waals surface area contributed by atoms with Gasteiger partial charge in [0, 0.05) is 18.3 Å². The first-order chi connectivity index (χ1) is 16.2. The summed E-state index contributed by atoms with van der Waals surface area (Å²) in [5.74, 6) is 1.90. The van der Waals surface area contributed by atoms with Gasteiger partial charge in [0.1, 0.15) is 5.82 Å². The predicted molar refractivity (Wildman–Crippen MR) is 141 cm³/mol. The van der Waals surface area contributed by atoms with Crippen LogP contribution >= 0.6 is 13.5 Å². The average Bonchev–Trinajstić information content (AvgIpc) is 3.38. The number of aromatic nitrogens is 6. The number of hydrogen-bond acceptors (Lipinski definition) is 8. The number of anilines is 3. The Bertz CT molecular complexity index is 1440. The Hall–Kier alpha value is -3.12. The SMILES string of the molecule is Cc1ccc(S(=O)(=O)n2ccc3c(N[C@@H](C)C4CC4)nc(Nc4cn(C(C)C)nn4)nc32)cc1.S. The monoisotopic (exact) mass is 514 g/mol. The van der Waals surface area contributed by atoms with E-state index in [1.165, 1.54) is 23.0 Å². The highest BCUT2D eigenvalue weighted by atomic mass is 32.2. The van der Waals surface area contributed by atoms with Crippen molar-refractivity contribution >= 4 is 52.1 Å². The molecule has 2 N–H and O–H groups in total. The third-order valence-electron chi connectivity index (χ3n) is 6.06. The van der Waals surface area contributed by atoms with E-state index in [0.717, 1.165) is 5.56 Å². The van der Waals surface area contributed by atoms with Crippen LogP contribution in [0.5, 0.6) is 0 Å². The highest BCUT2D eigenvalue weighted by Crippen LogP contribution is 2.35. The number of fused-ring (bicyclic) bond motifs is 1. The lowest BCUT2D eigenvalue weighted by Crippen LogP contribution is -2.19. The second-order valence-electron chi connectivity index (χ2n) is 9.14. The lowest BCUT2D eigenvalue weighted by molar-refractivity contribution is 0.514. The van der Waals surface area contributed by atoms with Gasteiger partial charge in [-0.2, -0.15) is 23.5 Å². The standard InChI is InChI=1S/C23H28N8O2S.H2S/c1-14(2)30-13-20(28-29-30)25-23-26-21(24-16(4)17-7-8-17)19-11-12-31(22(19)27-23)34(32,33)18-9-5-15(3)6-10-18;/h5-6,9-14,16-17H,7-8H2,1-4H3,(H2,24,25,26,27);1H2/t16-;/m0./s1. The van der Waals surface area contributed by atoms with E-state index in [-0.39, 0.29) is 36.4 Å². The van der Waals surface area contributed by atoms with Gasteiger partial charge in [-0.3, -0.25) is 0 Å². The fourth-order valence-electron chi connectivity index (χ4n) is 3.81. The van der Waals surface area contributed by atoms with Gasteiger partial charge in [0.15, 0.2) is 11.5 Å². The molecule has 1 atom stereocenters. The minimum absolute atomic E-state index is 0. The average molecular weight is 515 g/mol.